The average Bonchev–Trinajstić information content (AvgIpc) is 3.17. The molecule has 0 bridgehead atoms. The number of carbonyl (C=O) groups is 1. The molecule has 1 aliphatic rings. The van der Waals surface area contributed by atoms with Gasteiger partial charge in [0.25, 0.3) is 0 Å². The van der Waals surface area contributed by atoms with Gasteiger partial charge in [0.2, 0.25) is 5.91 Å². The van der Waals surface area contributed by atoms with Crippen LogP contribution in [0.2, 0.25) is 0 Å². The number of rotatable bonds is 5. The van der Waals surface area contributed by atoms with Gasteiger partial charge in [0, 0.05) is 37.6 Å². The first-order valence-corrected chi connectivity index (χ1v) is 9.44. The summed E-state index contributed by atoms with van der Waals surface area (Å²) < 4.78 is 2.09. The van der Waals surface area contributed by atoms with E-state index in [1.807, 2.05) is 42.2 Å². The lowest BCUT2D eigenvalue weighted by Gasteiger charge is -2.29. The molecular weight excluding hydrogens is 338 g/mol. The van der Waals surface area contributed by atoms with Crippen molar-refractivity contribution in [3.63, 3.8) is 0 Å². The van der Waals surface area contributed by atoms with E-state index in [0.717, 1.165) is 42.2 Å². The van der Waals surface area contributed by atoms with E-state index in [4.69, 9.17) is 0 Å². The van der Waals surface area contributed by atoms with Crippen LogP contribution in [0.3, 0.4) is 0 Å². The summed E-state index contributed by atoms with van der Waals surface area (Å²) in [5.74, 6) is 1.50. The smallest absolute Gasteiger partial charge is 0.233 e. The van der Waals surface area contributed by atoms with Crippen LogP contribution in [-0.2, 0) is 17.9 Å². The largest absolute Gasteiger partial charge is 0.338 e. The van der Waals surface area contributed by atoms with Gasteiger partial charge in [-0.2, -0.15) is 0 Å². The van der Waals surface area contributed by atoms with E-state index < -0.39 is 0 Å². The molecule has 0 radical (unpaired) electrons. The number of aromatic nitrogens is 4. The van der Waals surface area contributed by atoms with Gasteiger partial charge in [-0.15, -0.1) is 10.2 Å². The van der Waals surface area contributed by atoms with Gasteiger partial charge in [-0.1, -0.05) is 30.3 Å². The van der Waals surface area contributed by atoms with Gasteiger partial charge in [-0.3, -0.25) is 9.78 Å². The van der Waals surface area contributed by atoms with Crippen LogP contribution < -0.4 is 0 Å². The summed E-state index contributed by atoms with van der Waals surface area (Å²) >= 11 is 0. The fourth-order valence-corrected chi connectivity index (χ4v) is 3.69. The second-order valence-corrected chi connectivity index (χ2v) is 6.80. The van der Waals surface area contributed by atoms with Crippen molar-refractivity contribution in [1.82, 2.24) is 24.6 Å². The molecule has 0 fully saturated rings. The highest BCUT2D eigenvalue weighted by Gasteiger charge is 2.33. The highest BCUT2D eigenvalue weighted by atomic mass is 16.2. The minimum Gasteiger partial charge on any atom is -0.338 e. The van der Waals surface area contributed by atoms with E-state index in [0.29, 0.717) is 13.1 Å². The van der Waals surface area contributed by atoms with Crippen LogP contribution >= 0.6 is 0 Å². The molecule has 3 heterocycles. The van der Waals surface area contributed by atoms with E-state index in [2.05, 4.69) is 31.9 Å². The zero-order valence-corrected chi connectivity index (χ0v) is 15.5. The Bertz CT molecular complexity index is 907. The molecule has 3 aromatic rings. The molecule has 6 heteroatoms. The van der Waals surface area contributed by atoms with Crippen molar-refractivity contribution in [2.24, 2.45) is 0 Å². The molecule has 138 valence electrons. The number of hydrogen-bond donors (Lipinski definition) is 0. The van der Waals surface area contributed by atoms with E-state index in [1.54, 1.807) is 12.4 Å². The summed E-state index contributed by atoms with van der Waals surface area (Å²) in [5, 5.41) is 8.79. The third kappa shape index (κ3) is 3.47. The maximum absolute atomic E-state index is 13.3. The minimum atomic E-state index is -0.231. The number of amides is 1. The molecule has 0 aliphatic carbocycles. The molecular formula is C21H23N5O. The molecule has 1 amide bonds. The summed E-state index contributed by atoms with van der Waals surface area (Å²) in [6.07, 6.45) is 5.27. The zero-order valence-electron chi connectivity index (χ0n) is 15.5. The molecule has 0 spiro atoms. The Kier molecular flexibility index (Phi) is 4.96. The molecule has 0 saturated heterocycles. The Balaban J connectivity index is 1.60. The summed E-state index contributed by atoms with van der Waals surface area (Å²) in [7, 11) is 0. The molecule has 0 saturated carbocycles. The number of benzene rings is 1. The summed E-state index contributed by atoms with van der Waals surface area (Å²) in [5.41, 5.74) is 2.12. The predicted octanol–water partition coefficient (Wildman–Crippen LogP) is 3.27. The van der Waals surface area contributed by atoms with Crippen molar-refractivity contribution in [2.45, 2.75) is 38.8 Å². The highest BCUT2D eigenvalue weighted by Crippen LogP contribution is 2.31. The summed E-state index contributed by atoms with van der Waals surface area (Å²) in [6.45, 7) is 4.17. The third-order valence-electron chi connectivity index (χ3n) is 5.11. The van der Waals surface area contributed by atoms with Gasteiger partial charge in [0.1, 0.15) is 5.82 Å². The monoisotopic (exact) mass is 361 g/mol. The summed E-state index contributed by atoms with van der Waals surface area (Å²) in [6, 6.07) is 14.0. The van der Waals surface area contributed by atoms with Crippen LogP contribution in [0.25, 0.3) is 11.4 Å². The van der Waals surface area contributed by atoms with Crippen LogP contribution in [0, 0.1) is 0 Å². The van der Waals surface area contributed by atoms with Gasteiger partial charge in [0.15, 0.2) is 5.82 Å². The average molecular weight is 361 g/mol. The Morgan fingerprint density at radius 3 is 2.67 bits per heavy atom. The van der Waals surface area contributed by atoms with Crippen molar-refractivity contribution in [1.29, 1.82) is 0 Å². The van der Waals surface area contributed by atoms with Crippen LogP contribution in [0.5, 0.6) is 0 Å². The molecule has 4 rings (SSSR count). The number of likely N-dealkylation sites (N-methyl/N-ethyl adjacent to an activating group) is 1. The number of nitrogens with zero attached hydrogens (tertiary/aromatic N) is 5. The Morgan fingerprint density at radius 1 is 1.15 bits per heavy atom. The van der Waals surface area contributed by atoms with E-state index >= 15 is 0 Å². The van der Waals surface area contributed by atoms with Crippen LogP contribution in [0.15, 0.2) is 54.9 Å². The summed E-state index contributed by atoms with van der Waals surface area (Å²) in [4.78, 5) is 19.3. The quantitative estimate of drug-likeness (QED) is 0.700. The first-order valence-electron chi connectivity index (χ1n) is 9.44. The van der Waals surface area contributed by atoms with Gasteiger partial charge >= 0.3 is 0 Å². The lowest BCUT2D eigenvalue weighted by Crippen LogP contribution is -2.37. The molecule has 1 aliphatic heterocycles. The van der Waals surface area contributed by atoms with Crippen molar-refractivity contribution < 1.29 is 4.79 Å². The standard InChI is InChI=1S/C21H23N5O/c1-2-25(15-16-7-4-3-5-8-16)21(27)18-9-6-14-26-19(23-24-20(18)26)17-10-12-22-13-11-17/h3-5,7-8,10-13,18H,2,6,9,14-15H2,1H3. The molecule has 6 nitrogen and oxygen atoms in total. The van der Waals surface area contributed by atoms with Gasteiger partial charge < -0.3 is 9.47 Å². The fourth-order valence-electron chi connectivity index (χ4n) is 3.69. The van der Waals surface area contributed by atoms with E-state index in [1.165, 1.54) is 0 Å². The van der Waals surface area contributed by atoms with Crippen LogP contribution in [0.1, 0.15) is 37.1 Å². The Labute approximate surface area is 158 Å². The Hall–Kier alpha value is -3.02. The lowest BCUT2D eigenvalue weighted by atomic mass is 9.96. The zero-order chi connectivity index (χ0) is 18.6. The van der Waals surface area contributed by atoms with E-state index in [9.17, 15) is 4.79 Å². The molecule has 0 N–H and O–H groups in total. The highest BCUT2D eigenvalue weighted by molar-refractivity contribution is 5.83. The number of carbonyl (C=O) groups excluding carboxylic acids is 1. The minimum absolute atomic E-state index is 0.135. The van der Waals surface area contributed by atoms with Gasteiger partial charge in [0.05, 0.1) is 5.92 Å². The first kappa shape index (κ1) is 17.4. The lowest BCUT2D eigenvalue weighted by molar-refractivity contribution is -0.134. The predicted molar refractivity (Wildman–Crippen MR) is 103 cm³/mol. The second-order valence-electron chi connectivity index (χ2n) is 6.80. The fraction of sp³-hybridized carbons (Fsp3) is 0.333. The molecule has 27 heavy (non-hydrogen) atoms. The molecule has 1 atom stereocenters. The molecule has 1 unspecified atom stereocenters. The second kappa shape index (κ2) is 7.70. The van der Waals surface area contributed by atoms with Crippen molar-refractivity contribution in [2.75, 3.05) is 6.54 Å². The van der Waals surface area contributed by atoms with Gasteiger partial charge in [-0.05, 0) is 37.5 Å². The molecule has 1 aromatic carbocycles. The van der Waals surface area contributed by atoms with Crippen LogP contribution in [-0.4, -0.2) is 37.1 Å². The van der Waals surface area contributed by atoms with Crippen molar-refractivity contribution in [3.8, 4) is 11.4 Å². The topological polar surface area (TPSA) is 63.9 Å². The van der Waals surface area contributed by atoms with Crippen molar-refractivity contribution >= 4 is 5.91 Å². The SMILES string of the molecule is CCN(Cc1ccccc1)C(=O)C1CCCn2c(-c3ccncc3)nnc21. The third-order valence-corrected chi connectivity index (χ3v) is 5.11. The van der Waals surface area contributed by atoms with Crippen molar-refractivity contribution in [3.05, 3.63) is 66.2 Å². The maximum atomic E-state index is 13.3. The molecule has 2 aromatic heterocycles. The maximum Gasteiger partial charge on any atom is 0.233 e. The Morgan fingerprint density at radius 2 is 1.93 bits per heavy atom. The van der Waals surface area contributed by atoms with Crippen LogP contribution in [0.4, 0.5) is 0 Å². The van der Waals surface area contributed by atoms with E-state index in [-0.39, 0.29) is 11.8 Å². The van der Waals surface area contributed by atoms with Gasteiger partial charge in [-0.25, -0.2) is 0 Å². The number of pyridine rings is 1. The number of fused-ring (bicyclic) bond motifs is 1. The number of hydrogen-bond acceptors (Lipinski definition) is 4. The normalized spacial score (nSPS) is 16.0. The first-order chi connectivity index (χ1) is 13.3.